The maximum absolute atomic E-state index is 12.3. The number of amides is 2. The lowest BCUT2D eigenvalue weighted by Crippen LogP contribution is -2.47. The fraction of sp³-hybridized carbons (Fsp3) is 0.556. The van der Waals surface area contributed by atoms with Crippen LogP contribution in [0.15, 0.2) is 23.1 Å². The molecular formula is C18H25N3O5S. The third-order valence-corrected chi connectivity index (χ3v) is 6.25. The first-order valence-corrected chi connectivity index (χ1v) is 10.6. The summed E-state index contributed by atoms with van der Waals surface area (Å²) in [6, 6.07) is 4.22. The highest BCUT2D eigenvalue weighted by Crippen LogP contribution is 2.34. The van der Waals surface area contributed by atoms with Crippen LogP contribution in [0.4, 0.5) is 5.69 Å². The smallest absolute Gasteiger partial charge is 0.265 e. The maximum atomic E-state index is 12.3. The van der Waals surface area contributed by atoms with E-state index in [-0.39, 0.29) is 47.7 Å². The van der Waals surface area contributed by atoms with Crippen molar-refractivity contribution in [1.82, 2.24) is 10.0 Å². The van der Waals surface area contributed by atoms with Crippen LogP contribution in [0.3, 0.4) is 0 Å². The number of nitrogens with one attached hydrogen (secondary N) is 2. The molecule has 1 saturated carbocycles. The molecule has 2 amide bonds. The van der Waals surface area contributed by atoms with Crippen molar-refractivity contribution in [2.45, 2.75) is 56.5 Å². The Morgan fingerprint density at radius 3 is 2.67 bits per heavy atom. The van der Waals surface area contributed by atoms with Gasteiger partial charge in [0.05, 0.1) is 10.6 Å². The lowest BCUT2D eigenvalue weighted by Gasteiger charge is -2.29. The molecular weight excluding hydrogens is 370 g/mol. The number of anilines is 1. The van der Waals surface area contributed by atoms with E-state index in [4.69, 9.17) is 4.74 Å². The van der Waals surface area contributed by atoms with Crippen LogP contribution in [0.5, 0.6) is 5.75 Å². The van der Waals surface area contributed by atoms with E-state index in [1.807, 2.05) is 0 Å². The Morgan fingerprint density at radius 2 is 2.00 bits per heavy atom. The molecule has 1 aliphatic heterocycles. The zero-order valence-corrected chi connectivity index (χ0v) is 16.3. The molecule has 0 unspecified atom stereocenters. The van der Waals surface area contributed by atoms with Crippen molar-refractivity contribution in [1.29, 1.82) is 0 Å². The number of carbonyl (C=O) groups excluding carboxylic acids is 2. The Bertz CT molecular complexity index is 831. The quantitative estimate of drug-likeness (QED) is 0.752. The van der Waals surface area contributed by atoms with Gasteiger partial charge in [0.2, 0.25) is 15.9 Å². The van der Waals surface area contributed by atoms with Gasteiger partial charge in [-0.15, -0.1) is 0 Å². The van der Waals surface area contributed by atoms with Crippen LogP contribution < -0.4 is 19.7 Å². The van der Waals surface area contributed by atoms with E-state index in [1.54, 1.807) is 13.8 Å². The van der Waals surface area contributed by atoms with E-state index in [2.05, 4.69) is 10.0 Å². The predicted molar refractivity (Wildman–Crippen MR) is 100 cm³/mol. The van der Waals surface area contributed by atoms with Gasteiger partial charge >= 0.3 is 0 Å². The van der Waals surface area contributed by atoms with Gasteiger partial charge in [-0.2, -0.15) is 0 Å². The van der Waals surface area contributed by atoms with Crippen molar-refractivity contribution >= 4 is 27.5 Å². The zero-order chi connectivity index (χ0) is 19.6. The summed E-state index contributed by atoms with van der Waals surface area (Å²) < 4.78 is 32.6. The molecule has 0 bridgehead atoms. The molecule has 3 rings (SSSR count). The van der Waals surface area contributed by atoms with Crippen molar-refractivity contribution in [2.24, 2.45) is 0 Å². The molecule has 1 aromatic rings. The number of fused-ring (bicyclic) bond motifs is 1. The highest BCUT2D eigenvalue weighted by atomic mass is 32.2. The van der Waals surface area contributed by atoms with Crippen LogP contribution in [-0.4, -0.2) is 45.5 Å². The van der Waals surface area contributed by atoms with Gasteiger partial charge in [-0.1, -0.05) is 12.8 Å². The first-order chi connectivity index (χ1) is 12.8. The second-order valence-corrected chi connectivity index (χ2v) is 8.94. The van der Waals surface area contributed by atoms with Gasteiger partial charge in [0.1, 0.15) is 12.3 Å². The number of nitrogens with zero attached hydrogens (tertiary/aromatic N) is 1. The average Bonchev–Trinajstić information content (AvgIpc) is 3.08. The molecule has 0 atom stereocenters. The van der Waals surface area contributed by atoms with Crippen molar-refractivity contribution < 1.29 is 22.7 Å². The summed E-state index contributed by atoms with van der Waals surface area (Å²) in [6.45, 7) is 3.12. The van der Waals surface area contributed by atoms with Crippen LogP contribution in [0.1, 0.15) is 39.5 Å². The standard InChI is InChI=1S/C18H25N3O5S/c1-12(2)20-27(24,25)14-7-8-15-16(9-14)26-11-18(23)21(15)10-17(22)19-13-5-3-4-6-13/h7-9,12-13,20H,3-6,10-11H2,1-2H3,(H,19,22). The summed E-state index contributed by atoms with van der Waals surface area (Å²) in [5, 5.41) is 2.96. The number of hydrogen-bond donors (Lipinski definition) is 2. The highest BCUT2D eigenvalue weighted by molar-refractivity contribution is 7.89. The number of benzene rings is 1. The fourth-order valence-electron chi connectivity index (χ4n) is 3.39. The number of rotatable bonds is 6. The van der Waals surface area contributed by atoms with Crippen LogP contribution in [0.2, 0.25) is 0 Å². The minimum absolute atomic E-state index is 0.0552. The summed E-state index contributed by atoms with van der Waals surface area (Å²) in [5.41, 5.74) is 0.399. The van der Waals surface area contributed by atoms with Crippen molar-refractivity contribution in [3.05, 3.63) is 18.2 Å². The number of sulfonamides is 1. The number of hydrogen-bond acceptors (Lipinski definition) is 5. The third-order valence-electron chi connectivity index (χ3n) is 4.60. The van der Waals surface area contributed by atoms with E-state index in [1.165, 1.54) is 23.1 Å². The molecule has 2 N–H and O–H groups in total. The lowest BCUT2D eigenvalue weighted by atomic mass is 10.2. The Kier molecular flexibility index (Phi) is 5.71. The Labute approximate surface area is 159 Å². The van der Waals surface area contributed by atoms with Crippen LogP contribution in [0, 0.1) is 0 Å². The maximum Gasteiger partial charge on any atom is 0.265 e. The van der Waals surface area contributed by atoms with E-state index < -0.39 is 10.0 Å². The predicted octanol–water partition coefficient (Wildman–Crippen LogP) is 1.16. The van der Waals surface area contributed by atoms with E-state index in [9.17, 15) is 18.0 Å². The fourth-order valence-corrected chi connectivity index (χ4v) is 4.66. The summed E-state index contributed by atoms with van der Waals surface area (Å²) in [5.74, 6) is -0.281. The van der Waals surface area contributed by atoms with Crippen molar-refractivity contribution in [3.8, 4) is 5.75 Å². The monoisotopic (exact) mass is 395 g/mol. The van der Waals surface area contributed by atoms with Crippen LogP contribution in [0.25, 0.3) is 0 Å². The highest BCUT2D eigenvalue weighted by Gasteiger charge is 2.30. The first-order valence-electron chi connectivity index (χ1n) is 9.15. The van der Waals surface area contributed by atoms with Gasteiger partial charge in [-0.25, -0.2) is 13.1 Å². The van der Waals surface area contributed by atoms with Crippen molar-refractivity contribution in [2.75, 3.05) is 18.1 Å². The molecule has 1 fully saturated rings. The van der Waals surface area contributed by atoms with E-state index in [0.717, 1.165) is 25.7 Å². The topological polar surface area (TPSA) is 105 Å². The van der Waals surface area contributed by atoms with Crippen molar-refractivity contribution in [3.63, 3.8) is 0 Å². The number of carbonyl (C=O) groups is 2. The minimum Gasteiger partial charge on any atom is -0.482 e. The second-order valence-electron chi connectivity index (χ2n) is 7.22. The second kappa shape index (κ2) is 7.85. The zero-order valence-electron chi connectivity index (χ0n) is 15.5. The summed E-state index contributed by atoms with van der Waals surface area (Å²) >= 11 is 0. The molecule has 0 aromatic heterocycles. The average molecular weight is 395 g/mol. The Balaban J connectivity index is 1.78. The van der Waals surface area contributed by atoms with Crippen LogP contribution in [-0.2, 0) is 19.6 Å². The molecule has 1 aromatic carbocycles. The van der Waals surface area contributed by atoms with Gasteiger partial charge in [-0.05, 0) is 38.8 Å². The van der Waals surface area contributed by atoms with Crippen LogP contribution >= 0.6 is 0 Å². The van der Waals surface area contributed by atoms with Gasteiger partial charge in [-0.3, -0.25) is 14.5 Å². The van der Waals surface area contributed by atoms with Gasteiger partial charge < -0.3 is 10.1 Å². The van der Waals surface area contributed by atoms with Gasteiger partial charge in [0.15, 0.2) is 6.61 Å². The molecule has 27 heavy (non-hydrogen) atoms. The molecule has 0 saturated heterocycles. The summed E-state index contributed by atoms with van der Waals surface area (Å²) in [6.07, 6.45) is 4.13. The lowest BCUT2D eigenvalue weighted by molar-refractivity contribution is -0.125. The molecule has 1 heterocycles. The molecule has 0 spiro atoms. The Hall–Kier alpha value is -2.13. The van der Waals surface area contributed by atoms with E-state index in [0.29, 0.717) is 5.69 Å². The minimum atomic E-state index is -3.68. The molecule has 148 valence electrons. The summed E-state index contributed by atoms with van der Waals surface area (Å²) in [4.78, 5) is 26.0. The van der Waals surface area contributed by atoms with Gasteiger partial charge in [0, 0.05) is 18.2 Å². The molecule has 1 aliphatic carbocycles. The third kappa shape index (κ3) is 4.59. The SMILES string of the molecule is CC(C)NS(=O)(=O)c1ccc2c(c1)OCC(=O)N2CC(=O)NC1CCCC1. The largest absolute Gasteiger partial charge is 0.482 e. The first kappa shape index (κ1) is 19.6. The molecule has 2 aliphatic rings. The van der Waals surface area contributed by atoms with Gasteiger partial charge in [0.25, 0.3) is 5.91 Å². The number of ether oxygens (including phenoxy) is 1. The normalized spacial score (nSPS) is 17.7. The molecule has 9 heteroatoms. The molecule has 0 radical (unpaired) electrons. The molecule has 8 nitrogen and oxygen atoms in total. The Morgan fingerprint density at radius 1 is 1.30 bits per heavy atom. The summed E-state index contributed by atoms with van der Waals surface area (Å²) in [7, 11) is -3.68. The van der Waals surface area contributed by atoms with E-state index >= 15 is 0 Å².